The van der Waals surface area contributed by atoms with E-state index in [0.29, 0.717) is 12.6 Å². The number of hydrogen-bond acceptors (Lipinski definition) is 3. The van der Waals surface area contributed by atoms with Gasteiger partial charge in [-0.05, 0) is 67.7 Å². The van der Waals surface area contributed by atoms with Gasteiger partial charge in [-0.3, -0.25) is 0 Å². The van der Waals surface area contributed by atoms with E-state index in [1.165, 1.54) is 38.1 Å². The van der Waals surface area contributed by atoms with Crippen LogP contribution in [0.1, 0.15) is 24.0 Å². The molecule has 3 nitrogen and oxygen atoms in total. The first-order valence-electron chi connectivity index (χ1n) is 9.29. The van der Waals surface area contributed by atoms with Gasteiger partial charge in [-0.2, -0.15) is 0 Å². The van der Waals surface area contributed by atoms with Crippen LogP contribution < -0.4 is 10.1 Å². The molecule has 3 aliphatic heterocycles. The zero-order valence-corrected chi connectivity index (χ0v) is 16.3. The van der Waals surface area contributed by atoms with Gasteiger partial charge in [0.25, 0.3) is 0 Å². The molecule has 2 bridgehead atoms. The Hall–Kier alpha value is -1.43. The van der Waals surface area contributed by atoms with Crippen LogP contribution in [0.25, 0.3) is 0 Å². The van der Waals surface area contributed by atoms with Crippen molar-refractivity contribution in [2.24, 2.45) is 5.92 Å². The van der Waals surface area contributed by atoms with Crippen LogP contribution in [-0.2, 0) is 13.2 Å². The van der Waals surface area contributed by atoms with Crippen LogP contribution in [0.5, 0.6) is 5.75 Å². The van der Waals surface area contributed by atoms with Gasteiger partial charge in [-0.1, -0.05) is 28.1 Å². The lowest BCUT2D eigenvalue weighted by molar-refractivity contribution is 0.0718. The summed E-state index contributed by atoms with van der Waals surface area (Å²) in [4.78, 5) is 2.56. The van der Waals surface area contributed by atoms with Gasteiger partial charge in [0.2, 0.25) is 0 Å². The van der Waals surface area contributed by atoms with Crippen molar-refractivity contribution in [3.63, 3.8) is 0 Å². The number of halogens is 2. The van der Waals surface area contributed by atoms with Crippen molar-refractivity contribution < 1.29 is 9.13 Å². The Morgan fingerprint density at radius 2 is 1.88 bits per heavy atom. The molecule has 5 rings (SSSR count). The van der Waals surface area contributed by atoms with E-state index in [2.05, 4.69) is 32.2 Å². The first-order chi connectivity index (χ1) is 12.7. The number of nitrogens with one attached hydrogen (secondary N) is 1. The van der Waals surface area contributed by atoms with Gasteiger partial charge < -0.3 is 15.0 Å². The molecule has 1 unspecified atom stereocenters. The second-order valence-electron chi connectivity index (χ2n) is 7.29. The lowest BCUT2D eigenvalue weighted by atomic mass is 9.84. The van der Waals surface area contributed by atoms with E-state index in [1.807, 2.05) is 12.1 Å². The molecule has 0 aliphatic carbocycles. The van der Waals surface area contributed by atoms with Crippen molar-refractivity contribution in [2.45, 2.75) is 32.0 Å². The third-order valence-electron chi connectivity index (χ3n) is 5.54. The second kappa shape index (κ2) is 8.07. The Morgan fingerprint density at radius 3 is 2.58 bits per heavy atom. The summed E-state index contributed by atoms with van der Waals surface area (Å²) in [6, 6.07) is 13.2. The molecule has 1 N–H and O–H groups in total. The van der Waals surface area contributed by atoms with Gasteiger partial charge in [-0.25, -0.2) is 4.39 Å². The summed E-state index contributed by atoms with van der Waals surface area (Å²) in [6.45, 7) is 4.91. The maximum atomic E-state index is 13.0. The fourth-order valence-corrected chi connectivity index (χ4v) is 4.41. The largest absolute Gasteiger partial charge is 0.489 e. The highest BCUT2D eigenvalue weighted by molar-refractivity contribution is 9.10. The summed E-state index contributed by atoms with van der Waals surface area (Å²) in [5, 5.41) is 3.75. The summed E-state index contributed by atoms with van der Waals surface area (Å²) in [6.07, 6.45) is 2.62. The lowest BCUT2D eigenvalue weighted by Gasteiger charge is -2.45. The number of benzene rings is 2. The van der Waals surface area contributed by atoms with E-state index in [-0.39, 0.29) is 5.82 Å². The standard InChI is InChI=1S/C21H24BrFN2O/c22-18-3-6-21(26-14-15-1-4-19(23)5-2-15)17(11-18)12-24-20-13-25-9-7-16(20)8-10-25/h1-6,11,16,20,24H,7-10,12-14H2. The Morgan fingerprint density at radius 1 is 1.12 bits per heavy atom. The van der Waals surface area contributed by atoms with Crippen molar-refractivity contribution in [1.82, 2.24) is 10.2 Å². The summed E-state index contributed by atoms with van der Waals surface area (Å²) >= 11 is 3.57. The van der Waals surface area contributed by atoms with Crippen molar-refractivity contribution in [2.75, 3.05) is 19.6 Å². The Bertz CT molecular complexity index is 744. The van der Waals surface area contributed by atoms with Crippen LogP contribution >= 0.6 is 15.9 Å². The summed E-state index contributed by atoms with van der Waals surface area (Å²) in [7, 11) is 0. The molecule has 3 aliphatic rings. The van der Waals surface area contributed by atoms with Gasteiger partial charge in [0.15, 0.2) is 0 Å². The number of rotatable bonds is 6. The number of piperidine rings is 3. The van der Waals surface area contributed by atoms with Crippen LogP contribution in [0.15, 0.2) is 46.9 Å². The van der Waals surface area contributed by atoms with E-state index in [9.17, 15) is 4.39 Å². The molecule has 0 spiro atoms. The topological polar surface area (TPSA) is 24.5 Å². The zero-order chi connectivity index (χ0) is 17.9. The second-order valence-corrected chi connectivity index (χ2v) is 8.21. The minimum atomic E-state index is -0.222. The molecule has 2 aromatic carbocycles. The third kappa shape index (κ3) is 4.27. The Kier molecular flexibility index (Phi) is 5.57. The molecule has 3 fully saturated rings. The van der Waals surface area contributed by atoms with Crippen LogP contribution in [-0.4, -0.2) is 30.6 Å². The summed E-state index contributed by atoms with van der Waals surface area (Å²) in [5.41, 5.74) is 2.11. The molecular formula is C21H24BrFN2O. The van der Waals surface area contributed by atoms with Crippen LogP contribution in [0.3, 0.4) is 0 Å². The molecule has 3 saturated heterocycles. The normalized spacial score (nSPS) is 24.6. The van der Waals surface area contributed by atoms with Crippen LogP contribution in [0.4, 0.5) is 4.39 Å². The predicted molar refractivity (Wildman–Crippen MR) is 105 cm³/mol. The molecule has 26 heavy (non-hydrogen) atoms. The highest BCUT2D eigenvalue weighted by Crippen LogP contribution is 2.29. The van der Waals surface area contributed by atoms with Gasteiger partial charge in [-0.15, -0.1) is 0 Å². The highest BCUT2D eigenvalue weighted by atomic mass is 79.9. The van der Waals surface area contributed by atoms with E-state index < -0.39 is 0 Å². The van der Waals surface area contributed by atoms with E-state index in [0.717, 1.165) is 40.4 Å². The summed E-state index contributed by atoms with van der Waals surface area (Å²) < 4.78 is 20.1. The van der Waals surface area contributed by atoms with Crippen molar-refractivity contribution in [3.05, 3.63) is 63.9 Å². The fraction of sp³-hybridized carbons (Fsp3) is 0.429. The lowest BCUT2D eigenvalue weighted by Crippen LogP contribution is -2.55. The molecule has 0 saturated carbocycles. The van der Waals surface area contributed by atoms with Crippen molar-refractivity contribution in [1.29, 1.82) is 0 Å². The first kappa shape index (κ1) is 18.0. The Labute approximate surface area is 162 Å². The average Bonchev–Trinajstić information content (AvgIpc) is 2.68. The smallest absolute Gasteiger partial charge is 0.124 e. The molecule has 138 valence electrons. The van der Waals surface area contributed by atoms with Gasteiger partial charge >= 0.3 is 0 Å². The van der Waals surface area contributed by atoms with Gasteiger partial charge in [0, 0.05) is 29.2 Å². The summed E-state index contributed by atoms with van der Waals surface area (Å²) in [5.74, 6) is 1.46. The van der Waals surface area contributed by atoms with Crippen molar-refractivity contribution in [3.8, 4) is 5.75 Å². The highest BCUT2D eigenvalue weighted by Gasteiger charge is 2.33. The molecule has 2 aromatic rings. The number of nitrogens with zero attached hydrogens (tertiary/aromatic N) is 1. The SMILES string of the molecule is Fc1ccc(COc2ccc(Br)cc2CNC2CN3CCC2CC3)cc1. The molecular weight excluding hydrogens is 395 g/mol. The maximum Gasteiger partial charge on any atom is 0.124 e. The van der Waals surface area contributed by atoms with Gasteiger partial charge in [0.1, 0.15) is 18.2 Å². The molecule has 0 aromatic heterocycles. The van der Waals surface area contributed by atoms with Crippen LogP contribution in [0.2, 0.25) is 0 Å². The number of fused-ring (bicyclic) bond motifs is 3. The van der Waals surface area contributed by atoms with Crippen molar-refractivity contribution >= 4 is 15.9 Å². The van der Waals surface area contributed by atoms with Crippen LogP contribution in [0, 0.1) is 11.7 Å². The molecule has 1 atom stereocenters. The predicted octanol–water partition coefficient (Wildman–Crippen LogP) is 4.35. The monoisotopic (exact) mass is 418 g/mol. The van der Waals surface area contributed by atoms with E-state index >= 15 is 0 Å². The minimum Gasteiger partial charge on any atom is -0.489 e. The first-order valence-corrected chi connectivity index (χ1v) is 10.1. The van der Waals surface area contributed by atoms with E-state index in [4.69, 9.17) is 4.74 Å². The molecule has 0 radical (unpaired) electrons. The molecule has 3 heterocycles. The van der Waals surface area contributed by atoms with Gasteiger partial charge in [0.05, 0.1) is 0 Å². The average molecular weight is 419 g/mol. The number of ether oxygens (including phenoxy) is 1. The zero-order valence-electron chi connectivity index (χ0n) is 14.8. The maximum absolute atomic E-state index is 13.0. The third-order valence-corrected chi connectivity index (χ3v) is 6.03. The Balaban J connectivity index is 1.40. The number of hydrogen-bond donors (Lipinski definition) is 1. The van der Waals surface area contributed by atoms with E-state index in [1.54, 1.807) is 12.1 Å². The fourth-order valence-electron chi connectivity index (χ4n) is 4.01. The minimum absolute atomic E-state index is 0.222. The quantitative estimate of drug-likeness (QED) is 0.754. The molecule has 0 amide bonds. The molecule has 5 heteroatoms.